The maximum Gasteiger partial charge on any atom is 0.188 e. The molecule has 3 heterocycles. The third-order valence-electron chi connectivity index (χ3n) is 3.50. The number of hydrogen-bond donors (Lipinski definition) is 2. The van der Waals surface area contributed by atoms with Crippen molar-refractivity contribution in [3.63, 3.8) is 0 Å². The highest BCUT2D eigenvalue weighted by Crippen LogP contribution is 2.20. The van der Waals surface area contributed by atoms with Crippen molar-refractivity contribution < 1.29 is 0 Å². The van der Waals surface area contributed by atoms with Gasteiger partial charge in [-0.1, -0.05) is 0 Å². The number of thiazole rings is 1. The lowest BCUT2D eigenvalue weighted by Crippen LogP contribution is -2.29. The molecule has 0 aliphatic carbocycles. The molecule has 106 valence electrons. The number of hydrogen-bond acceptors (Lipinski definition) is 6. The third kappa shape index (κ3) is 3.52. The summed E-state index contributed by atoms with van der Waals surface area (Å²) in [6, 6.07) is 1.97. The fraction of sp³-hybridized carbons (Fsp3) is 0.500. The number of rotatable bonds is 4. The molecular weight excluding hydrogens is 270 g/mol. The van der Waals surface area contributed by atoms with E-state index >= 15 is 0 Å². The number of aryl methyl sites for hydroxylation is 1. The summed E-state index contributed by atoms with van der Waals surface area (Å²) >= 11 is 1.57. The maximum atomic E-state index is 4.63. The Hall–Kier alpha value is -1.53. The first-order valence-electron chi connectivity index (χ1n) is 7.01. The van der Waals surface area contributed by atoms with Gasteiger partial charge in [-0.3, -0.25) is 0 Å². The monoisotopic (exact) mass is 289 g/mol. The van der Waals surface area contributed by atoms with Gasteiger partial charge in [-0.15, -0.1) is 11.3 Å². The molecule has 5 nitrogen and oxygen atoms in total. The minimum atomic E-state index is 0.700. The van der Waals surface area contributed by atoms with Crippen LogP contribution in [0.1, 0.15) is 24.4 Å². The van der Waals surface area contributed by atoms with Gasteiger partial charge in [0.1, 0.15) is 11.6 Å². The number of nitrogens with zero attached hydrogens (tertiary/aromatic N) is 3. The summed E-state index contributed by atoms with van der Waals surface area (Å²) in [5.41, 5.74) is 1.00. The highest BCUT2D eigenvalue weighted by Gasteiger charge is 2.15. The van der Waals surface area contributed by atoms with E-state index in [9.17, 15) is 0 Å². The van der Waals surface area contributed by atoms with Crippen LogP contribution < -0.4 is 10.6 Å². The summed E-state index contributed by atoms with van der Waals surface area (Å²) in [7, 11) is 0. The van der Waals surface area contributed by atoms with Crippen molar-refractivity contribution in [3.8, 4) is 0 Å². The fourth-order valence-corrected chi connectivity index (χ4v) is 3.06. The highest BCUT2D eigenvalue weighted by atomic mass is 32.1. The first-order chi connectivity index (χ1) is 9.79. The molecule has 0 amide bonds. The normalized spacial score (nSPS) is 16.2. The lowest BCUT2D eigenvalue weighted by molar-refractivity contribution is 0.367. The second-order valence-corrected chi connectivity index (χ2v) is 6.07. The number of piperidine rings is 1. The zero-order chi connectivity index (χ0) is 13.8. The molecule has 0 radical (unpaired) electrons. The Labute approximate surface area is 122 Å². The van der Waals surface area contributed by atoms with Crippen LogP contribution in [0.5, 0.6) is 0 Å². The third-order valence-corrected chi connectivity index (χ3v) is 4.19. The average Bonchev–Trinajstić information content (AvgIpc) is 2.92. The second-order valence-electron chi connectivity index (χ2n) is 5.17. The molecule has 0 saturated carbocycles. The largest absolute Gasteiger partial charge is 0.317 e. The van der Waals surface area contributed by atoms with E-state index in [1.807, 2.05) is 18.4 Å². The van der Waals surface area contributed by atoms with Crippen molar-refractivity contribution in [2.75, 3.05) is 18.4 Å². The summed E-state index contributed by atoms with van der Waals surface area (Å²) in [5.74, 6) is 2.48. The van der Waals surface area contributed by atoms with Crippen molar-refractivity contribution in [1.82, 2.24) is 20.3 Å². The van der Waals surface area contributed by atoms with Gasteiger partial charge in [-0.2, -0.15) is 0 Å². The molecular formula is C14H19N5S. The van der Waals surface area contributed by atoms with Gasteiger partial charge in [-0.05, 0) is 38.8 Å². The molecule has 6 heteroatoms. The van der Waals surface area contributed by atoms with Gasteiger partial charge in [0.25, 0.3) is 0 Å². The van der Waals surface area contributed by atoms with E-state index in [0.29, 0.717) is 5.92 Å². The van der Waals surface area contributed by atoms with Crippen molar-refractivity contribution in [2.24, 2.45) is 5.92 Å². The lowest BCUT2D eigenvalue weighted by Gasteiger charge is -2.22. The van der Waals surface area contributed by atoms with Crippen LogP contribution in [0.15, 0.2) is 17.6 Å². The molecule has 0 spiro atoms. The summed E-state index contributed by atoms with van der Waals surface area (Å²) in [5, 5.41) is 9.46. The molecule has 0 aromatic carbocycles. The van der Waals surface area contributed by atoms with E-state index in [4.69, 9.17) is 0 Å². The van der Waals surface area contributed by atoms with Crippen LogP contribution in [0.4, 0.5) is 10.9 Å². The molecule has 0 atom stereocenters. The van der Waals surface area contributed by atoms with Crippen molar-refractivity contribution in [2.45, 2.75) is 26.2 Å². The van der Waals surface area contributed by atoms with Gasteiger partial charge in [0, 0.05) is 29.8 Å². The summed E-state index contributed by atoms with van der Waals surface area (Å²) in [6.07, 6.45) is 5.19. The Morgan fingerprint density at radius 3 is 2.95 bits per heavy atom. The van der Waals surface area contributed by atoms with Gasteiger partial charge >= 0.3 is 0 Å². The quantitative estimate of drug-likeness (QED) is 0.905. The first kappa shape index (κ1) is 13.5. The summed E-state index contributed by atoms with van der Waals surface area (Å²) < 4.78 is 0. The van der Waals surface area contributed by atoms with Crippen LogP contribution in [0.2, 0.25) is 0 Å². The van der Waals surface area contributed by atoms with Crippen molar-refractivity contribution >= 4 is 22.3 Å². The zero-order valence-electron chi connectivity index (χ0n) is 11.6. The van der Waals surface area contributed by atoms with Crippen LogP contribution >= 0.6 is 11.3 Å². The Morgan fingerprint density at radius 1 is 1.35 bits per heavy atom. The Kier molecular flexibility index (Phi) is 4.22. The molecule has 1 aliphatic heterocycles. The minimum Gasteiger partial charge on any atom is -0.317 e. The molecule has 1 saturated heterocycles. The van der Waals surface area contributed by atoms with Crippen LogP contribution in [0.25, 0.3) is 0 Å². The maximum absolute atomic E-state index is 4.63. The number of nitrogens with one attached hydrogen (secondary N) is 2. The second kappa shape index (κ2) is 6.28. The van der Waals surface area contributed by atoms with Crippen LogP contribution in [-0.2, 0) is 6.42 Å². The predicted octanol–water partition coefficient (Wildman–Crippen LogP) is 2.53. The standard InChI is InChI=1S/C14H19N5S/c1-10-8-12(19-14-16-6-7-20-14)18-13(17-10)9-11-2-4-15-5-3-11/h6-8,11,15H,2-5,9H2,1H3,(H,16,17,18,19). The Morgan fingerprint density at radius 2 is 2.20 bits per heavy atom. The molecule has 0 unspecified atom stereocenters. The number of anilines is 2. The molecule has 2 aromatic rings. The summed E-state index contributed by atoms with van der Waals surface area (Å²) in [6.45, 7) is 4.24. The first-order valence-corrected chi connectivity index (χ1v) is 7.89. The minimum absolute atomic E-state index is 0.700. The zero-order valence-corrected chi connectivity index (χ0v) is 12.4. The van der Waals surface area contributed by atoms with E-state index in [1.54, 1.807) is 17.5 Å². The van der Waals surface area contributed by atoms with Crippen LogP contribution in [0.3, 0.4) is 0 Å². The summed E-state index contributed by atoms with van der Waals surface area (Å²) in [4.78, 5) is 13.4. The van der Waals surface area contributed by atoms with Crippen molar-refractivity contribution in [3.05, 3.63) is 29.2 Å². The van der Waals surface area contributed by atoms with Gasteiger partial charge < -0.3 is 10.6 Å². The van der Waals surface area contributed by atoms with E-state index in [0.717, 1.165) is 42.0 Å². The van der Waals surface area contributed by atoms with Gasteiger partial charge in [-0.25, -0.2) is 15.0 Å². The van der Waals surface area contributed by atoms with E-state index < -0.39 is 0 Å². The predicted molar refractivity (Wildman–Crippen MR) is 81.5 cm³/mol. The average molecular weight is 289 g/mol. The molecule has 1 fully saturated rings. The Bertz CT molecular complexity index is 549. The van der Waals surface area contributed by atoms with E-state index in [2.05, 4.69) is 25.6 Å². The molecule has 20 heavy (non-hydrogen) atoms. The van der Waals surface area contributed by atoms with Crippen LogP contribution in [-0.4, -0.2) is 28.0 Å². The van der Waals surface area contributed by atoms with Gasteiger partial charge in [0.2, 0.25) is 0 Å². The van der Waals surface area contributed by atoms with Gasteiger partial charge in [0.15, 0.2) is 5.13 Å². The van der Waals surface area contributed by atoms with Gasteiger partial charge in [0.05, 0.1) is 0 Å². The number of aromatic nitrogens is 3. The molecule has 3 rings (SSSR count). The SMILES string of the molecule is Cc1cc(Nc2nccs2)nc(CC2CCNCC2)n1. The topological polar surface area (TPSA) is 62.7 Å². The molecule has 0 bridgehead atoms. The van der Waals surface area contributed by atoms with E-state index in [-0.39, 0.29) is 0 Å². The molecule has 1 aliphatic rings. The van der Waals surface area contributed by atoms with E-state index in [1.165, 1.54) is 12.8 Å². The smallest absolute Gasteiger partial charge is 0.188 e. The van der Waals surface area contributed by atoms with Crippen LogP contribution in [0, 0.1) is 12.8 Å². The van der Waals surface area contributed by atoms with Crippen molar-refractivity contribution in [1.29, 1.82) is 0 Å². The lowest BCUT2D eigenvalue weighted by atomic mass is 9.94. The Balaban J connectivity index is 1.72. The molecule has 2 N–H and O–H groups in total. The highest BCUT2D eigenvalue weighted by molar-refractivity contribution is 7.13. The fourth-order valence-electron chi connectivity index (χ4n) is 2.52. The molecule has 2 aromatic heterocycles.